The molecule has 3 rings (SSSR count). The Hall–Kier alpha value is -1.59. The van der Waals surface area contributed by atoms with Gasteiger partial charge in [0.15, 0.2) is 0 Å². The van der Waals surface area contributed by atoms with Crippen molar-refractivity contribution in [3.05, 3.63) is 29.8 Å². The van der Waals surface area contributed by atoms with Crippen molar-refractivity contribution in [1.29, 1.82) is 0 Å². The van der Waals surface area contributed by atoms with Crippen LogP contribution in [0.2, 0.25) is 0 Å². The summed E-state index contributed by atoms with van der Waals surface area (Å²) in [5.41, 5.74) is 1.88. The Morgan fingerprint density at radius 3 is 2.55 bits per heavy atom. The zero-order chi connectivity index (χ0) is 15.4. The van der Waals surface area contributed by atoms with Gasteiger partial charge in [0.25, 0.3) is 5.91 Å². The predicted molar refractivity (Wildman–Crippen MR) is 87.2 cm³/mol. The molecule has 2 aliphatic rings. The molecule has 0 saturated carbocycles. The average Bonchev–Trinajstić information content (AvgIpc) is 2.99. The fourth-order valence-electron chi connectivity index (χ4n) is 3.23. The fourth-order valence-corrected chi connectivity index (χ4v) is 3.23. The average molecular weight is 303 g/mol. The molecule has 2 unspecified atom stereocenters. The number of anilines is 1. The molecule has 1 aromatic carbocycles. The standard InChI is InChI=1S/C17H25N3O2/c21-16-12-18-10-14(16)11-19-17(22)13-4-6-15(7-5-13)20-8-2-1-3-9-20/h4-7,14,16,18,21H,1-3,8-12H2,(H,19,22). The second kappa shape index (κ2) is 7.11. The lowest BCUT2D eigenvalue weighted by Gasteiger charge is -2.28. The van der Waals surface area contributed by atoms with Crippen LogP contribution in [0.3, 0.4) is 0 Å². The molecule has 2 atom stereocenters. The summed E-state index contributed by atoms with van der Waals surface area (Å²) >= 11 is 0. The van der Waals surface area contributed by atoms with Crippen LogP contribution in [0.4, 0.5) is 5.69 Å². The third kappa shape index (κ3) is 3.59. The lowest BCUT2D eigenvalue weighted by molar-refractivity contribution is 0.0927. The van der Waals surface area contributed by atoms with Gasteiger partial charge < -0.3 is 20.6 Å². The van der Waals surface area contributed by atoms with Gasteiger partial charge >= 0.3 is 0 Å². The number of aliphatic hydroxyl groups excluding tert-OH is 1. The van der Waals surface area contributed by atoms with Gasteiger partial charge in [0.05, 0.1) is 6.10 Å². The molecule has 5 heteroatoms. The Morgan fingerprint density at radius 2 is 1.91 bits per heavy atom. The monoisotopic (exact) mass is 303 g/mol. The number of amides is 1. The maximum Gasteiger partial charge on any atom is 0.251 e. The van der Waals surface area contributed by atoms with E-state index in [0.29, 0.717) is 18.7 Å². The molecule has 5 nitrogen and oxygen atoms in total. The maximum absolute atomic E-state index is 12.2. The third-order valence-corrected chi connectivity index (χ3v) is 4.68. The zero-order valence-electron chi connectivity index (χ0n) is 12.9. The van der Waals surface area contributed by atoms with Gasteiger partial charge in [-0.25, -0.2) is 0 Å². The topological polar surface area (TPSA) is 64.6 Å². The summed E-state index contributed by atoms with van der Waals surface area (Å²) in [6, 6.07) is 7.85. The number of carbonyl (C=O) groups is 1. The molecule has 0 radical (unpaired) electrons. The van der Waals surface area contributed by atoms with E-state index in [-0.39, 0.29) is 17.9 Å². The predicted octanol–water partition coefficient (Wildman–Crippen LogP) is 0.987. The maximum atomic E-state index is 12.2. The highest BCUT2D eigenvalue weighted by atomic mass is 16.3. The summed E-state index contributed by atoms with van der Waals surface area (Å²) in [7, 11) is 0. The number of aliphatic hydroxyl groups is 1. The van der Waals surface area contributed by atoms with E-state index in [0.717, 1.165) is 19.6 Å². The molecule has 2 heterocycles. The summed E-state index contributed by atoms with van der Waals surface area (Å²) in [6.45, 7) is 4.11. The quantitative estimate of drug-likeness (QED) is 0.776. The molecule has 2 aliphatic heterocycles. The minimum absolute atomic E-state index is 0.0655. The first-order valence-electron chi connectivity index (χ1n) is 8.26. The van der Waals surface area contributed by atoms with Gasteiger partial charge in [-0.15, -0.1) is 0 Å². The SMILES string of the molecule is O=C(NCC1CNCC1O)c1ccc(N2CCCCC2)cc1. The van der Waals surface area contributed by atoms with Crippen molar-refractivity contribution < 1.29 is 9.90 Å². The van der Waals surface area contributed by atoms with E-state index >= 15 is 0 Å². The van der Waals surface area contributed by atoms with Crippen LogP contribution >= 0.6 is 0 Å². The van der Waals surface area contributed by atoms with E-state index in [1.807, 2.05) is 24.3 Å². The highest BCUT2D eigenvalue weighted by Crippen LogP contribution is 2.20. The fraction of sp³-hybridized carbons (Fsp3) is 0.588. The van der Waals surface area contributed by atoms with Crippen molar-refractivity contribution in [2.75, 3.05) is 37.6 Å². The highest BCUT2D eigenvalue weighted by molar-refractivity contribution is 5.94. The van der Waals surface area contributed by atoms with E-state index in [4.69, 9.17) is 0 Å². The summed E-state index contributed by atoms with van der Waals surface area (Å²) in [5, 5.41) is 15.8. The van der Waals surface area contributed by atoms with Gasteiger partial charge in [-0.05, 0) is 43.5 Å². The number of piperidine rings is 1. The van der Waals surface area contributed by atoms with Crippen LogP contribution < -0.4 is 15.5 Å². The van der Waals surface area contributed by atoms with Gasteiger partial charge in [-0.1, -0.05) is 0 Å². The molecule has 0 bridgehead atoms. The van der Waals surface area contributed by atoms with Crippen LogP contribution in [0.5, 0.6) is 0 Å². The van der Waals surface area contributed by atoms with Crippen molar-refractivity contribution >= 4 is 11.6 Å². The van der Waals surface area contributed by atoms with Gasteiger partial charge in [-0.3, -0.25) is 4.79 Å². The number of β-amino-alcohol motifs (C(OH)–C–C–N with tert-alkyl or cyclic N) is 1. The van der Waals surface area contributed by atoms with Gasteiger partial charge in [0.1, 0.15) is 0 Å². The first-order chi connectivity index (χ1) is 10.7. The summed E-state index contributed by atoms with van der Waals surface area (Å²) in [6.07, 6.45) is 3.46. The molecule has 1 amide bonds. The van der Waals surface area contributed by atoms with Crippen molar-refractivity contribution in [3.63, 3.8) is 0 Å². The molecule has 120 valence electrons. The van der Waals surface area contributed by atoms with Crippen molar-refractivity contribution in [2.24, 2.45) is 5.92 Å². The van der Waals surface area contributed by atoms with E-state index in [1.54, 1.807) is 0 Å². The number of hydrogen-bond donors (Lipinski definition) is 3. The number of nitrogens with one attached hydrogen (secondary N) is 2. The normalized spacial score (nSPS) is 25.2. The molecule has 2 fully saturated rings. The van der Waals surface area contributed by atoms with Crippen LogP contribution in [0.1, 0.15) is 29.6 Å². The van der Waals surface area contributed by atoms with Crippen LogP contribution in [0.15, 0.2) is 24.3 Å². The third-order valence-electron chi connectivity index (χ3n) is 4.68. The first-order valence-corrected chi connectivity index (χ1v) is 8.26. The molecule has 1 aromatic rings. The Bertz CT molecular complexity index is 497. The summed E-state index contributed by atoms with van der Waals surface area (Å²) in [5.74, 6) is 0.0425. The van der Waals surface area contributed by atoms with Crippen LogP contribution in [0, 0.1) is 5.92 Å². The summed E-state index contributed by atoms with van der Waals surface area (Å²) < 4.78 is 0. The molecule has 2 saturated heterocycles. The lowest BCUT2D eigenvalue weighted by atomic mass is 10.1. The van der Waals surface area contributed by atoms with Crippen molar-refractivity contribution in [2.45, 2.75) is 25.4 Å². The molecule has 3 N–H and O–H groups in total. The van der Waals surface area contributed by atoms with Crippen LogP contribution in [-0.2, 0) is 0 Å². The van der Waals surface area contributed by atoms with Crippen molar-refractivity contribution in [1.82, 2.24) is 10.6 Å². The largest absolute Gasteiger partial charge is 0.391 e. The Morgan fingerprint density at radius 1 is 1.18 bits per heavy atom. The number of carbonyl (C=O) groups excluding carboxylic acids is 1. The van der Waals surface area contributed by atoms with E-state index in [9.17, 15) is 9.90 Å². The molecule has 0 aromatic heterocycles. The second-order valence-electron chi connectivity index (χ2n) is 6.29. The van der Waals surface area contributed by atoms with E-state index in [2.05, 4.69) is 15.5 Å². The minimum atomic E-state index is -0.359. The van der Waals surface area contributed by atoms with Crippen LogP contribution in [0.25, 0.3) is 0 Å². The zero-order valence-corrected chi connectivity index (χ0v) is 12.9. The van der Waals surface area contributed by atoms with E-state index in [1.165, 1.54) is 24.9 Å². The molecule has 22 heavy (non-hydrogen) atoms. The van der Waals surface area contributed by atoms with Crippen molar-refractivity contribution in [3.8, 4) is 0 Å². The highest BCUT2D eigenvalue weighted by Gasteiger charge is 2.25. The molecule has 0 aliphatic carbocycles. The number of hydrogen-bond acceptors (Lipinski definition) is 4. The lowest BCUT2D eigenvalue weighted by Crippen LogP contribution is -2.34. The van der Waals surface area contributed by atoms with Gasteiger partial charge in [-0.2, -0.15) is 0 Å². The number of benzene rings is 1. The summed E-state index contributed by atoms with van der Waals surface area (Å²) in [4.78, 5) is 14.5. The first kappa shape index (κ1) is 15.3. The van der Waals surface area contributed by atoms with Gasteiger partial charge in [0, 0.05) is 49.9 Å². The number of rotatable bonds is 4. The minimum Gasteiger partial charge on any atom is -0.391 e. The molecule has 0 spiro atoms. The Labute approximate surface area is 131 Å². The smallest absolute Gasteiger partial charge is 0.251 e. The Kier molecular flexibility index (Phi) is 4.95. The number of nitrogens with zero attached hydrogens (tertiary/aromatic N) is 1. The Balaban J connectivity index is 1.54. The van der Waals surface area contributed by atoms with Gasteiger partial charge in [0.2, 0.25) is 0 Å². The van der Waals surface area contributed by atoms with E-state index < -0.39 is 0 Å². The molecular formula is C17H25N3O2. The second-order valence-corrected chi connectivity index (χ2v) is 6.29. The van der Waals surface area contributed by atoms with Crippen LogP contribution in [-0.4, -0.2) is 49.8 Å². The molecular weight excluding hydrogens is 278 g/mol.